The maximum atomic E-state index is 12.8. The smallest absolute Gasteiger partial charge is 0.243 e. The summed E-state index contributed by atoms with van der Waals surface area (Å²) in [4.78, 5) is 0.448. The zero-order valence-corrected chi connectivity index (χ0v) is 13.6. The summed E-state index contributed by atoms with van der Waals surface area (Å²) < 4.78 is 27.0. The van der Waals surface area contributed by atoms with Crippen LogP contribution in [0.5, 0.6) is 0 Å². The van der Waals surface area contributed by atoms with Crippen LogP contribution in [-0.2, 0) is 10.0 Å². The lowest BCUT2D eigenvalue weighted by Crippen LogP contribution is -2.30. The Balaban J connectivity index is 2.32. The molecule has 0 saturated carbocycles. The normalized spacial score (nSPS) is 19.8. The average molecular weight is 328 g/mol. The number of hydrogen-bond acceptors (Lipinski definition) is 4. The topological polar surface area (TPSA) is 83.6 Å². The van der Waals surface area contributed by atoms with E-state index in [1.165, 1.54) is 4.31 Å². The molecule has 5 nitrogen and oxygen atoms in total. The van der Waals surface area contributed by atoms with Crippen LogP contribution in [0.4, 0.5) is 0 Å². The molecule has 1 aliphatic rings. The van der Waals surface area contributed by atoms with E-state index in [9.17, 15) is 8.42 Å². The minimum Gasteiger partial charge on any atom is -0.396 e. The number of aryl methyl sites for hydroxylation is 1. The maximum Gasteiger partial charge on any atom is 0.243 e. The van der Waals surface area contributed by atoms with Crippen molar-refractivity contribution in [2.45, 2.75) is 24.7 Å². The van der Waals surface area contributed by atoms with Crippen molar-refractivity contribution in [3.05, 3.63) is 29.3 Å². The maximum absolute atomic E-state index is 12.8. The highest BCUT2D eigenvalue weighted by molar-refractivity contribution is 7.89. The van der Waals surface area contributed by atoms with Gasteiger partial charge in [0, 0.05) is 25.3 Å². The summed E-state index contributed by atoms with van der Waals surface area (Å²) in [7, 11) is -3.54. The summed E-state index contributed by atoms with van der Waals surface area (Å²) in [5, 5.41) is 8.98. The van der Waals surface area contributed by atoms with Gasteiger partial charge in [-0.3, -0.25) is 0 Å². The average Bonchev–Trinajstić information content (AvgIpc) is 2.88. The van der Waals surface area contributed by atoms with Gasteiger partial charge in [-0.05, 0) is 37.3 Å². The van der Waals surface area contributed by atoms with E-state index in [4.69, 9.17) is 23.1 Å². The SMILES string of the molecule is Cc1ccc(C(N)=S)cc1S(=O)(=O)N1CCC(CCO)C1. The predicted octanol–water partition coefficient (Wildman–Crippen LogP) is 1.02. The fourth-order valence-corrected chi connectivity index (χ4v) is 4.51. The number of thiocarbonyl (C=S) groups is 1. The molecule has 1 aliphatic heterocycles. The Bertz CT molecular complexity index is 644. The Labute approximate surface area is 130 Å². The largest absolute Gasteiger partial charge is 0.396 e. The van der Waals surface area contributed by atoms with Crippen LogP contribution in [0, 0.1) is 12.8 Å². The lowest BCUT2D eigenvalue weighted by Gasteiger charge is -2.18. The first-order valence-corrected chi connectivity index (χ1v) is 8.72. The van der Waals surface area contributed by atoms with Gasteiger partial charge >= 0.3 is 0 Å². The third-order valence-electron chi connectivity index (χ3n) is 3.88. The van der Waals surface area contributed by atoms with Crippen molar-refractivity contribution in [3.8, 4) is 0 Å². The quantitative estimate of drug-likeness (QED) is 0.789. The molecule has 7 heteroatoms. The molecule has 0 bridgehead atoms. The predicted molar refractivity (Wildman–Crippen MR) is 85.6 cm³/mol. The molecule has 2 rings (SSSR count). The molecule has 1 atom stereocenters. The van der Waals surface area contributed by atoms with Gasteiger partial charge in [-0.1, -0.05) is 24.4 Å². The minimum atomic E-state index is -3.54. The number of rotatable bonds is 5. The van der Waals surface area contributed by atoms with E-state index in [2.05, 4.69) is 0 Å². The van der Waals surface area contributed by atoms with Crippen molar-refractivity contribution in [2.24, 2.45) is 11.7 Å². The van der Waals surface area contributed by atoms with Gasteiger partial charge in [0.05, 0.1) is 4.90 Å². The molecule has 21 heavy (non-hydrogen) atoms. The van der Waals surface area contributed by atoms with Crippen molar-refractivity contribution >= 4 is 27.2 Å². The fourth-order valence-electron chi connectivity index (χ4n) is 2.60. The molecule has 1 aromatic carbocycles. The first-order valence-electron chi connectivity index (χ1n) is 6.87. The Morgan fingerprint density at radius 1 is 1.52 bits per heavy atom. The Morgan fingerprint density at radius 3 is 2.86 bits per heavy atom. The highest BCUT2D eigenvalue weighted by Gasteiger charge is 2.33. The highest BCUT2D eigenvalue weighted by atomic mass is 32.2. The summed E-state index contributed by atoms with van der Waals surface area (Å²) in [6.07, 6.45) is 1.42. The molecule has 0 amide bonds. The molecule has 0 radical (unpaired) electrons. The number of aliphatic hydroxyl groups excluding tert-OH is 1. The van der Waals surface area contributed by atoms with Crippen molar-refractivity contribution in [1.82, 2.24) is 4.31 Å². The van der Waals surface area contributed by atoms with E-state index in [-0.39, 0.29) is 22.4 Å². The van der Waals surface area contributed by atoms with Gasteiger partial charge in [-0.2, -0.15) is 4.31 Å². The van der Waals surface area contributed by atoms with E-state index in [1.54, 1.807) is 25.1 Å². The first kappa shape index (κ1) is 16.4. The third kappa shape index (κ3) is 3.42. The monoisotopic (exact) mass is 328 g/mol. The van der Waals surface area contributed by atoms with E-state index in [1.807, 2.05) is 0 Å². The molecule has 1 unspecified atom stereocenters. The second-order valence-corrected chi connectivity index (χ2v) is 7.72. The number of hydrogen-bond donors (Lipinski definition) is 2. The zero-order valence-electron chi connectivity index (χ0n) is 11.9. The second kappa shape index (κ2) is 6.39. The van der Waals surface area contributed by atoms with E-state index in [0.29, 0.717) is 30.6 Å². The highest BCUT2D eigenvalue weighted by Crippen LogP contribution is 2.28. The Hall–Kier alpha value is -1.02. The molecule has 0 aliphatic carbocycles. The molecule has 0 aromatic heterocycles. The molecule has 116 valence electrons. The van der Waals surface area contributed by atoms with Crippen molar-refractivity contribution in [2.75, 3.05) is 19.7 Å². The van der Waals surface area contributed by atoms with E-state index >= 15 is 0 Å². The van der Waals surface area contributed by atoms with Crippen molar-refractivity contribution in [3.63, 3.8) is 0 Å². The standard InChI is InChI=1S/C14H20N2O3S2/c1-10-2-3-12(14(15)20)8-13(10)21(18,19)16-6-4-11(9-16)5-7-17/h2-3,8,11,17H,4-7,9H2,1H3,(H2,15,20). The lowest BCUT2D eigenvalue weighted by molar-refractivity contribution is 0.259. The van der Waals surface area contributed by atoms with Crippen LogP contribution in [0.2, 0.25) is 0 Å². The first-order chi connectivity index (χ1) is 9.86. The summed E-state index contributed by atoms with van der Waals surface area (Å²) >= 11 is 4.92. The third-order valence-corrected chi connectivity index (χ3v) is 6.12. The van der Waals surface area contributed by atoms with Crippen LogP contribution >= 0.6 is 12.2 Å². The zero-order chi connectivity index (χ0) is 15.6. The lowest BCUT2D eigenvalue weighted by atomic mass is 10.1. The van der Waals surface area contributed by atoms with E-state index in [0.717, 1.165) is 6.42 Å². The van der Waals surface area contributed by atoms with E-state index < -0.39 is 10.0 Å². The summed E-state index contributed by atoms with van der Waals surface area (Å²) in [6.45, 7) is 2.80. The molecule has 1 heterocycles. The van der Waals surface area contributed by atoms with Crippen molar-refractivity contribution < 1.29 is 13.5 Å². The van der Waals surface area contributed by atoms with Crippen LogP contribution in [0.3, 0.4) is 0 Å². The summed E-state index contributed by atoms with van der Waals surface area (Å²) in [5.41, 5.74) is 6.82. The van der Waals surface area contributed by atoms with Crippen LogP contribution in [0.25, 0.3) is 0 Å². The van der Waals surface area contributed by atoms with Gasteiger partial charge in [0.2, 0.25) is 10.0 Å². The van der Waals surface area contributed by atoms with Gasteiger partial charge in [0.15, 0.2) is 0 Å². The van der Waals surface area contributed by atoms with Crippen LogP contribution < -0.4 is 5.73 Å². The van der Waals surface area contributed by atoms with Gasteiger partial charge in [-0.25, -0.2) is 8.42 Å². The number of aliphatic hydroxyl groups is 1. The Morgan fingerprint density at radius 2 is 2.24 bits per heavy atom. The van der Waals surface area contributed by atoms with Gasteiger partial charge in [0.1, 0.15) is 4.99 Å². The van der Waals surface area contributed by atoms with Crippen LogP contribution in [0.15, 0.2) is 23.1 Å². The van der Waals surface area contributed by atoms with Crippen LogP contribution in [0.1, 0.15) is 24.0 Å². The number of nitrogens with two attached hydrogens (primary N) is 1. The molecule has 1 saturated heterocycles. The number of nitrogens with zero attached hydrogens (tertiary/aromatic N) is 1. The molecular formula is C14H20N2O3S2. The summed E-state index contributed by atoms with van der Waals surface area (Å²) in [5.74, 6) is 0.226. The summed E-state index contributed by atoms with van der Waals surface area (Å²) in [6, 6.07) is 5.00. The van der Waals surface area contributed by atoms with Crippen molar-refractivity contribution in [1.29, 1.82) is 0 Å². The molecule has 1 aromatic rings. The van der Waals surface area contributed by atoms with Crippen LogP contribution in [-0.4, -0.2) is 42.5 Å². The fraction of sp³-hybridized carbons (Fsp3) is 0.500. The molecule has 3 N–H and O–H groups in total. The molecular weight excluding hydrogens is 308 g/mol. The van der Waals surface area contributed by atoms with Gasteiger partial charge in [0.25, 0.3) is 0 Å². The number of sulfonamides is 1. The van der Waals surface area contributed by atoms with Gasteiger partial charge < -0.3 is 10.8 Å². The molecule has 1 fully saturated rings. The molecule has 0 spiro atoms. The second-order valence-electron chi connectivity index (χ2n) is 5.37. The van der Waals surface area contributed by atoms with Gasteiger partial charge in [-0.15, -0.1) is 0 Å². The minimum absolute atomic E-state index is 0.0918. The Kier molecular flexibility index (Phi) is 4.98. The number of benzene rings is 1.